The molecule has 4 nitrogen and oxygen atoms in total. The lowest BCUT2D eigenvalue weighted by Crippen LogP contribution is -2.48. The number of nitrogens with zero attached hydrogens (tertiary/aromatic N) is 1. The first-order valence-electron chi connectivity index (χ1n) is 9.24. The van der Waals surface area contributed by atoms with Gasteiger partial charge >= 0.3 is 0 Å². The van der Waals surface area contributed by atoms with E-state index < -0.39 is 11.5 Å². The lowest BCUT2D eigenvalue weighted by Gasteiger charge is -2.32. The molecular weight excluding hydrogens is 324 g/mol. The summed E-state index contributed by atoms with van der Waals surface area (Å²) < 4.78 is 0. The van der Waals surface area contributed by atoms with Crippen LogP contribution in [0.2, 0.25) is 0 Å². The summed E-state index contributed by atoms with van der Waals surface area (Å²) in [5.74, 6) is -0.401. The van der Waals surface area contributed by atoms with E-state index in [9.17, 15) is 9.90 Å². The van der Waals surface area contributed by atoms with Crippen LogP contribution >= 0.6 is 0 Å². The largest absolute Gasteiger partial charge is 0.372 e. The maximum atomic E-state index is 13.0. The minimum atomic E-state index is -1.71. The molecule has 0 heterocycles. The Morgan fingerprint density at radius 1 is 0.923 bits per heavy atom. The van der Waals surface area contributed by atoms with Gasteiger partial charge in [-0.05, 0) is 38.8 Å². The molecule has 0 radical (unpaired) electrons. The van der Waals surface area contributed by atoms with Crippen LogP contribution in [0.3, 0.4) is 0 Å². The second kappa shape index (κ2) is 8.97. The van der Waals surface area contributed by atoms with Gasteiger partial charge in [-0.25, -0.2) is 0 Å². The Balaban J connectivity index is 2.20. The zero-order valence-corrected chi connectivity index (χ0v) is 16.1. The molecule has 2 aromatic carbocycles. The van der Waals surface area contributed by atoms with E-state index in [4.69, 9.17) is 0 Å². The summed E-state index contributed by atoms with van der Waals surface area (Å²) in [6, 6.07) is 19.0. The summed E-state index contributed by atoms with van der Waals surface area (Å²) in [4.78, 5) is 15.3. The van der Waals surface area contributed by atoms with Crippen molar-refractivity contribution in [1.82, 2.24) is 10.2 Å². The van der Waals surface area contributed by atoms with E-state index in [1.165, 1.54) is 0 Å². The Morgan fingerprint density at radius 2 is 1.35 bits per heavy atom. The fourth-order valence-corrected chi connectivity index (χ4v) is 3.33. The molecule has 0 aliphatic carbocycles. The van der Waals surface area contributed by atoms with Crippen molar-refractivity contribution in [3.8, 4) is 0 Å². The number of aliphatic hydroxyl groups is 1. The van der Waals surface area contributed by atoms with Crippen LogP contribution in [0, 0.1) is 0 Å². The molecule has 2 rings (SSSR count). The van der Waals surface area contributed by atoms with Crippen LogP contribution in [0.4, 0.5) is 0 Å². The van der Waals surface area contributed by atoms with Crippen molar-refractivity contribution < 1.29 is 9.90 Å². The number of hydrogen-bond acceptors (Lipinski definition) is 3. The Labute approximate surface area is 156 Å². The van der Waals surface area contributed by atoms with E-state index in [1.54, 1.807) is 24.3 Å². The standard InChI is InChI=1S/C22H30N2O2/c1-17(2)24(18(3)4)16-15-23-21(25)22(26,19-11-7-5-8-12-19)20-13-9-6-10-14-20/h5-14,17-18,26H,15-16H2,1-4H3,(H,23,25). The lowest BCUT2D eigenvalue weighted by atomic mass is 9.85. The van der Waals surface area contributed by atoms with E-state index in [1.807, 2.05) is 36.4 Å². The third kappa shape index (κ3) is 4.51. The Hall–Kier alpha value is -2.17. The number of amides is 1. The molecule has 4 heteroatoms. The van der Waals surface area contributed by atoms with Crippen LogP contribution in [0.1, 0.15) is 38.8 Å². The molecule has 0 fully saturated rings. The highest BCUT2D eigenvalue weighted by molar-refractivity contribution is 5.90. The van der Waals surface area contributed by atoms with Crippen molar-refractivity contribution in [2.75, 3.05) is 13.1 Å². The molecule has 26 heavy (non-hydrogen) atoms. The average Bonchev–Trinajstić information content (AvgIpc) is 2.65. The zero-order chi connectivity index (χ0) is 19.2. The maximum Gasteiger partial charge on any atom is 0.261 e. The Morgan fingerprint density at radius 3 is 1.73 bits per heavy atom. The topological polar surface area (TPSA) is 52.6 Å². The van der Waals surface area contributed by atoms with Gasteiger partial charge in [0.05, 0.1) is 0 Å². The second-order valence-corrected chi connectivity index (χ2v) is 7.12. The van der Waals surface area contributed by atoms with Gasteiger partial charge in [-0.3, -0.25) is 9.69 Å². The van der Waals surface area contributed by atoms with Gasteiger partial charge in [-0.2, -0.15) is 0 Å². The molecule has 0 aliphatic heterocycles. The third-order valence-electron chi connectivity index (χ3n) is 4.69. The first kappa shape index (κ1) is 20.1. The van der Waals surface area contributed by atoms with Crippen molar-refractivity contribution in [1.29, 1.82) is 0 Å². The Bertz CT molecular complexity index is 636. The number of carbonyl (C=O) groups excluding carboxylic acids is 1. The van der Waals surface area contributed by atoms with Gasteiger partial charge in [0.25, 0.3) is 5.91 Å². The van der Waals surface area contributed by atoms with Crippen molar-refractivity contribution in [3.05, 3.63) is 71.8 Å². The molecule has 2 N–H and O–H groups in total. The van der Waals surface area contributed by atoms with Crippen LogP contribution in [0.15, 0.2) is 60.7 Å². The molecule has 1 amide bonds. The predicted octanol–water partition coefficient (Wildman–Crippen LogP) is 3.16. The minimum absolute atomic E-state index is 0.397. The fourth-order valence-electron chi connectivity index (χ4n) is 3.33. The second-order valence-electron chi connectivity index (χ2n) is 7.12. The van der Waals surface area contributed by atoms with Crippen molar-refractivity contribution >= 4 is 5.91 Å². The maximum absolute atomic E-state index is 13.0. The summed E-state index contributed by atoms with van der Waals surface area (Å²) >= 11 is 0. The van der Waals surface area contributed by atoms with Crippen LogP contribution in [0.5, 0.6) is 0 Å². The van der Waals surface area contributed by atoms with Gasteiger partial charge in [-0.1, -0.05) is 60.7 Å². The Kier molecular flexibility index (Phi) is 6.95. The van der Waals surface area contributed by atoms with E-state index in [0.717, 1.165) is 6.54 Å². The van der Waals surface area contributed by atoms with Gasteiger partial charge in [0, 0.05) is 25.2 Å². The highest BCUT2D eigenvalue weighted by Gasteiger charge is 2.39. The normalized spacial score (nSPS) is 12.0. The van der Waals surface area contributed by atoms with Gasteiger partial charge < -0.3 is 10.4 Å². The first-order chi connectivity index (χ1) is 12.4. The van der Waals surface area contributed by atoms with Gasteiger partial charge in [0.1, 0.15) is 0 Å². The van der Waals surface area contributed by atoms with Gasteiger partial charge in [0.15, 0.2) is 5.60 Å². The molecule has 0 unspecified atom stereocenters. The van der Waals surface area contributed by atoms with Crippen LogP contribution in [-0.4, -0.2) is 41.1 Å². The number of benzene rings is 2. The van der Waals surface area contributed by atoms with E-state index in [-0.39, 0.29) is 0 Å². The fraction of sp³-hybridized carbons (Fsp3) is 0.409. The van der Waals surface area contributed by atoms with Crippen LogP contribution in [-0.2, 0) is 10.4 Å². The molecule has 140 valence electrons. The zero-order valence-electron chi connectivity index (χ0n) is 16.1. The molecule has 0 aliphatic rings. The smallest absolute Gasteiger partial charge is 0.261 e. The molecule has 0 atom stereocenters. The SMILES string of the molecule is CC(C)N(CCNC(=O)C(O)(c1ccccc1)c1ccccc1)C(C)C. The molecule has 0 aromatic heterocycles. The summed E-state index contributed by atoms with van der Waals surface area (Å²) in [7, 11) is 0. The van der Waals surface area contributed by atoms with E-state index in [2.05, 4.69) is 37.9 Å². The monoisotopic (exact) mass is 354 g/mol. The number of rotatable bonds is 8. The molecule has 0 saturated heterocycles. The van der Waals surface area contributed by atoms with Gasteiger partial charge in [0.2, 0.25) is 0 Å². The quantitative estimate of drug-likeness (QED) is 0.766. The minimum Gasteiger partial charge on any atom is -0.372 e. The summed E-state index contributed by atoms with van der Waals surface area (Å²) in [6.45, 7) is 9.80. The van der Waals surface area contributed by atoms with E-state index >= 15 is 0 Å². The molecule has 0 spiro atoms. The lowest BCUT2D eigenvalue weighted by molar-refractivity contribution is -0.136. The predicted molar refractivity (Wildman–Crippen MR) is 106 cm³/mol. The molecule has 2 aromatic rings. The first-order valence-corrected chi connectivity index (χ1v) is 9.24. The molecule has 0 bridgehead atoms. The van der Waals surface area contributed by atoms with E-state index in [0.29, 0.717) is 29.8 Å². The van der Waals surface area contributed by atoms with Crippen molar-refractivity contribution in [2.24, 2.45) is 0 Å². The van der Waals surface area contributed by atoms with Gasteiger partial charge in [-0.15, -0.1) is 0 Å². The summed E-state index contributed by atoms with van der Waals surface area (Å²) in [5.41, 5.74) is -0.579. The van der Waals surface area contributed by atoms with Crippen molar-refractivity contribution in [3.63, 3.8) is 0 Å². The highest BCUT2D eigenvalue weighted by atomic mass is 16.3. The molecule has 0 saturated carbocycles. The third-order valence-corrected chi connectivity index (χ3v) is 4.69. The van der Waals surface area contributed by atoms with Crippen LogP contribution < -0.4 is 5.32 Å². The number of nitrogens with one attached hydrogen (secondary N) is 1. The van der Waals surface area contributed by atoms with Crippen molar-refractivity contribution in [2.45, 2.75) is 45.4 Å². The average molecular weight is 354 g/mol. The summed E-state index contributed by atoms with van der Waals surface area (Å²) in [5, 5.41) is 14.3. The van der Waals surface area contributed by atoms with Crippen LogP contribution in [0.25, 0.3) is 0 Å². The number of hydrogen-bond donors (Lipinski definition) is 2. The molecular formula is C22H30N2O2. The summed E-state index contributed by atoms with van der Waals surface area (Å²) in [6.07, 6.45) is 0. The highest BCUT2D eigenvalue weighted by Crippen LogP contribution is 2.29. The number of carbonyl (C=O) groups is 1.